The van der Waals surface area contributed by atoms with E-state index in [9.17, 15) is 0 Å². The molecule has 1 saturated carbocycles. The van der Waals surface area contributed by atoms with E-state index in [1.54, 1.807) is 6.20 Å². The Labute approximate surface area is 71.8 Å². The molecule has 0 unspecified atom stereocenters. The van der Waals surface area contributed by atoms with E-state index in [4.69, 9.17) is 12.2 Å². The average molecular weight is 158 g/mol. The van der Waals surface area contributed by atoms with Crippen LogP contribution in [0.25, 0.3) is 0 Å². The van der Waals surface area contributed by atoms with E-state index >= 15 is 0 Å². The second kappa shape index (κ2) is 2.33. The molecule has 2 N–H and O–H groups in total. The summed E-state index contributed by atoms with van der Waals surface area (Å²) in [6.45, 7) is 0. The highest BCUT2D eigenvalue weighted by atomic mass is 14.8. The molecule has 60 valence electrons. The summed E-state index contributed by atoms with van der Waals surface area (Å²) in [5.74, 6) is 2.55. The highest BCUT2D eigenvalue weighted by Crippen LogP contribution is 2.43. The number of nitrogens with two attached hydrogens (primary N) is 1. The van der Waals surface area contributed by atoms with Gasteiger partial charge in [0.1, 0.15) is 5.69 Å². The normalized spacial score (nSPS) is 18.3. The molecule has 2 rings (SSSR count). The number of nitrogens with zero attached hydrogens (tertiary/aromatic N) is 1. The van der Waals surface area contributed by atoms with Crippen LogP contribution in [0.2, 0.25) is 0 Å². The first-order chi connectivity index (χ1) is 5.76. The third kappa shape index (κ3) is 0.992. The van der Waals surface area contributed by atoms with Gasteiger partial charge in [0.2, 0.25) is 0 Å². The summed E-state index contributed by atoms with van der Waals surface area (Å²) in [6, 6.07) is 3.85. The van der Waals surface area contributed by atoms with Crippen molar-refractivity contribution in [2.75, 3.05) is 0 Å². The average Bonchev–Trinajstić information content (AvgIpc) is 2.85. The number of hydrogen-bond acceptors (Lipinski definition) is 2. The molecule has 0 bridgehead atoms. The fraction of sp³-hybridized carbons (Fsp3) is 0.300. The van der Waals surface area contributed by atoms with Crippen LogP contribution >= 0.6 is 0 Å². The van der Waals surface area contributed by atoms with E-state index in [0.717, 1.165) is 18.4 Å². The van der Waals surface area contributed by atoms with Crippen molar-refractivity contribution in [3.05, 3.63) is 29.6 Å². The van der Waals surface area contributed by atoms with Crippen LogP contribution in [0, 0.1) is 12.3 Å². The van der Waals surface area contributed by atoms with E-state index < -0.39 is 0 Å². The van der Waals surface area contributed by atoms with Crippen LogP contribution in [0.15, 0.2) is 18.3 Å². The van der Waals surface area contributed by atoms with Crippen molar-refractivity contribution >= 4 is 0 Å². The molecule has 0 radical (unpaired) electrons. The minimum atomic E-state index is -0.171. The fourth-order valence-electron chi connectivity index (χ4n) is 1.33. The minimum Gasteiger partial charge on any atom is -0.321 e. The maximum absolute atomic E-state index is 6.01. The number of pyridine rings is 1. The number of rotatable bonds is 1. The van der Waals surface area contributed by atoms with E-state index in [1.807, 2.05) is 12.1 Å². The van der Waals surface area contributed by atoms with Crippen LogP contribution in [0.3, 0.4) is 0 Å². The summed E-state index contributed by atoms with van der Waals surface area (Å²) in [5, 5.41) is 0. The van der Waals surface area contributed by atoms with Gasteiger partial charge >= 0.3 is 0 Å². The summed E-state index contributed by atoms with van der Waals surface area (Å²) in [7, 11) is 0. The quantitative estimate of drug-likeness (QED) is 0.619. The topological polar surface area (TPSA) is 38.9 Å². The first kappa shape index (κ1) is 7.33. The summed E-state index contributed by atoms with van der Waals surface area (Å²) in [4.78, 5) is 4.09. The molecule has 0 spiro atoms. The molecular formula is C10H10N2. The Morgan fingerprint density at radius 3 is 2.92 bits per heavy atom. The van der Waals surface area contributed by atoms with Gasteiger partial charge in [-0.2, -0.15) is 0 Å². The van der Waals surface area contributed by atoms with Crippen molar-refractivity contribution in [3.8, 4) is 12.3 Å². The lowest BCUT2D eigenvalue weighted by Crippen LogP contribution is -2.20. The Morgan fingerprint density at radius 1 is 1.58 bits per heavy atom. The lowest BCUT2D eigenvalue weighted by molar-refractivity contribution is 0.732. The van der Waals surface area contributed by atoms with Gasteiger partial charge in [0, 0.05) is 17.3 Å². The third-order valence-corrected chi connectivity index (χ3v) is 2.27. The number of aromatic nitrogens is 1. The van der Waals surface area contributed by atoms with Gasteiger partial charge in [-0.3, -0.25) is 0 Å². The first-order valence-corrected chi connectivity index (χ1v) is 3.97. The maximum Gasteiger partial charge on any atom is 0.117 e. The zero-order valence-corrected chi connectivity index (χ0v) is 6.75. The predicted molar refractivity (Wildman–Crippen MR) is 47.3 cm³/mol. The zero-order valence-electron chi connectivity index (χ0n) is 6.75. The fourth-order valence-corrected chi connectivity index (χ4v) is 1.33. The molecule has 1 fully saturated rings. The van der Waals surface area contributed by atoms with E-state index in [-0.39, 0.29) is 5.54 Å². The minimum absolute atomic E-state index is 0.171. The highest BCUT2D eigenvalue weighted by Gasteiger charge is 2.41. The van der Waals surface area contributed by atoms with Crippen molar-refractivity contribution in [2.45, 2.75) is 18.4 Å². The molecule has 1 aliphatic rings. The van der Waals surface area contributed by atoms with E-state index in [2.05, 4.69) is 10.9 Å². The monoisotopic (exact) mass is 158 g/mol. The molecule has 0 aliphatic heterocycles. The summed E-state index contributed by atoms with van der Waals surface area (Å²) < 4.78 is 0. The predicted octanol–water partition coefficient (Wildman–Crippen LogP) is 1.01. The summed E-state index contributed by atoms with van der Waals surface area (Å²) in [5.41, 5.74) is 7.55. The number of terminal acetylenes is 1. The molecule has 1 heterocycles. The number of hydrogen-bond donors (Lipinski definition) is 1. The second-order valence-corrected chi connectivity index (χ2v) is 3.20. The Balaban J connectivity index is 2.50. The van der Waals surface area contributed by atoms with Gasteiger partial charge in [0.25, 0.3) is 0 Å². The van der Waals surface area contributed by atoms with E-state index in [1.165, 1.54) is 0 Å². The highest BCUT2D eigenvalue weighted by molar-refractivity contribution is 5.41. The molecule has 1 aromatic heterocycles. The molecular weight excluding hydrogens is 148 g/mol. The second-order valence-electron chi connectivity index (χ2n) is 3.20. The van der Waals surface area contributed by atoms with Gasteiger partial charge < -0.3 is 5.73 Å². The van der Waals surface area contributed by atoms with Gasteiger partial charge in [0.15, 0.2) is 0 Å². The van der Waals surface area contributed by atoms with Gasteiger partial charge in [-0.05, 0) is 24.8 Å². The summed E-state index contributed by atoms with van der Waals surface area (Å²) in [6.07, 6.45) is 9.05. The molecule has 0 amide bonds. The van der Waals surface area contributed by atoms with Crippen molar-refractivity contribution in [2.24, 2.45) is 5.73 Å². The lowest BCUT2D eigenvalue weighted by atomic mass is 10.0. The Bertz CT molecular complexity index is 345. The molecule has 0 aromatic carbocycles. The Hall–Kier alpha value is -1.33. The smallest absolute Gasteiger partial charge is 0.117 e. The first-order valence-electron chi connectivity index (χ1n) is 3.97. The Kier molecular flexibility index (Phi) is 1.42. The molecule has 1 aliphatic carbocycles. The molecule has 0 atom stereocenters. The van der Waals surface area contributed by atoms with Crippen molar-refractivity contribution in [3.63, 3.8) is 0 Å². The van der Waals surface area contributed by atoms with E-state index in [0.29, 0.717) is 5.69 Å². The molecule has 1 aromatic rings. The van der Waals surface area contributed by atoms with Gasteiger partial charge in [-0.15, -0.1) is 6.42 Å². The molecule has 0 saturated heterocycles. The van der Waals surface area contributed by atoms with Gasteiger partial charge in [-0.25, -0.2) is 4.98 Å². The molecule has 12 heavy (non-hydrogen) atoms. The van der Waals surface area contributed by atoms with Crippen LogP contribution in [-0.4, -0.2) is 4.98 Å². The van der Waals surface area contributed by atoms with Gasteiger partial charge in [-0.1, -0.05) is 6.07 Å². The maximum atomic E-state index is 6.01. The van der Waals surface area contributed by atoms with Crippen LogP contribution in [0.4, 0.5) is 0 Å². The SMILES string of the molecule is C#Cc1ncccc1C1(N)CC1. The van der Waals surface area contributed by atoms with Crippen molar-refractivity contribution in [1.29, 1.82) is 0 Å². The Morgan fingerprint density at radius 2 is 2.33 bits per heavy atom. The van der Waals surface area contributed by atoms with Crippen molar-refractivity contribution in [1.82, 2.24) is 4.98 Å². The molecule has 2 nitrogen and oxygen atoms in total. The zero-order chi connectivity index (χ0) is 8.60. The van der Waals surface area contributed by atoms with Crippen LogP contribution in [-0.2, 0) is 5.54 Å². The van der Waals surface area contributed by atoms with Crippen LogP contribution < -0.4 is 5.73 Å². The lowest BCUT2D eigenvalue weighted by Gasteiger charge is -2.09. The van der Waals surface area contributed by atoms with Crippen LogP contribution in [0.5, 0.6) is 0 Å². The largest absolute Gasteiger partial charge is 0.321 e. The van der Waals surface area contributed by atoms with Crippen molar-refractivity contribution < 1.29 is 0 Å². The van der Waals surface area contributed by atoms with Crippen LogP contribution in [0.1, 0.15) is 24.1 Å². The standard InChI is InChI=1S/C10H10N2/c1-2-9-8(4-3-7-12-9)10(11)5-6-10/h1,3-4,7H,5-6,11H2. The third-order valence-electron chi connectivity index (χ3n) is 2.27. The van der Waals surface area contributed by atoms with Gasteiger partial charge in [0.05, 0.1) is 0 Å². The summed E-state index contributed by atoms with van der Waals surface area (Å²) >= 11 is 0. The molecule has 2 heteroatoms.